The van der Waals surface area contributed by atoms with Crippen molar-refractivity contribution in [2.45, 2.75) is 12.0 Å². The van der Waals surface area contributed by atoms with E-state index in [0.717, 1.165) is 25.1 Å². The van der Waals surface area contributed by atoms with Gasteiger partial charge in [0.15, 0.2) is 0 Å². The van der Waals surface area contributed by atoms with Crippen LogP contribution in [0, 0.1) is 0 Å². The second kappa shape index (κ2) is 3.59. The SMILES string of the molecule is COC1(c2ccccc2O)CCNC1. The minimum atomic E-state index is -0.342. The zero-order chi connectivity index (χ0) is 10.0. The number of benzene rings is 1. The van der Waals surface area contributed by atoms with Crippen LogP contribution < -0.4 is 5.32 Å². The third-order valence-electron chi connectivity index (χ3n) is 2.90. The first-order chi connectivity index (χ1) is 6.78. The number of aromatic hydroxyl groups is 1. The predicted octanol–water partition coefficient (Wildman–Crippen LogP) is 1.23. The van der Waals surface area contributed by atoms with E-state index in [2.05, 4.69) is 5.32 Å². The minimum absolute atomic E-state index is 0.318. The summed E-state index contributed by atoms with van der Waals surface area (Å²) in [7, 11) is 1.69. The Bertz CT molecular complexity index is 319. The van der Waals surface area contributed by atoms with Gasteiger partial charge in [0.2, 0.25) is 0 Å². The van der Waals surface area contributed by atoms with Gasteiger partial charge in [-0.05, 0) is 19.0 Å². The largest absolute Gasteiger partial charge is 0.508 e. The molecule has 0 radical (unpaired) electrons. The van der Waals surface area contributed by atoms with E-state index in [9.17, 15) is 5.11 Å². The Morgan fingerprint density at radius 3 is 2.79 bits per heavy atom. The number of phenols is 1. The van der Waals surface area contributed by atoms with Crippen molar-refractivity contribution in [1.82, 2.24) is 5.32 Å². The summed E-state index contributed by atoms with van der Waals surface area (Å²) in [6.07, 6.45) is 0.904. The molecule has 1 atom stereocenters. The fourth-order valence-electron chi connectivity index (χ4n) is 2.04. The van der Waals surface area contributed by atoms with Crippen LogP contribution in [0.4, 0.5) is 0 Å². The highest BCUT2D eigenvalue weighted by Crippen LogP contribution is 2.36. The number of ether oxygens (including phenoxy) is 1. The van der Waals surface area contributed by atoms with Crippen molar-refractivity contribution in [2.24, 2.45) is 0 Å². The van der Waals surface area contributed by atoms with E-state index in [1.54, 1.807) is 13.2 Å². The molecular formula is C11H15NO2. The Morgan fingerprint density at radius 1 is 1.43 bits per heavy atom. The Balaban J connectivity index is 2.41. The van der Waals surface area contributed by atoms with Crippen LogP contribution in [0.3, 0.4) is 0 Å². The monoisotopic (exact) mass is 193 g/mol. The molecule has 0 spiro atoms. The van der Waals surface area contributed by atoms with Crippen LogP contribution in [0.2, 0.25) is 0 Å². The van der Waals surface area contributed by atoms with Gasteiger partial charge in [0.1, 0.15) is 11.4 Å². The molecule has 0 saturated carbocycles. The maximum absolute atomic E-state index is 9.76. The molecule has 2 N–H and O–H groups in total. The second-order valence-electron chi connectivity index (χ2n) is 3.64. The molecule has 1 aromatic carbocycles. The normalized spacial score (nSPS) is 26.6. The fourth-order valence-corrected chi connectivity index (χ4v) is 2.04. The maximum Gasteiger partial charge on any atom is 0.121 e. The van der Waals surface area contributed by atoms with Gasteiger partial charge < -0.3 is 15.2 Å². The van der Waals surface area contributed by atoms with Gasteiger partial charge in [-0.15, -0.1) is 0 Å². The first-order valence-electron chi connectivity index (χ1n) is 4.83. The van der Waals surface area contributed by atoms with E-state index in [0.29, 0.717) is 5.75 Å². The van der Waals surface area contributed by atoms with Gasteiger partial charge in [0.05, 0.1) is 0 Å². The highest BCUT2D eigenvalue weighted by Gasteiger charge is 2.37. The van der Waals surface area contributed by atoms with Crippen molar-refractivity contribution in [3.05, 3.63) is 29.8 Å². The highest BCUT2D eigenvalue weighted by atomic mass is 16.5. The number of methoxy groups -OCH3 is 1. The first-order valence-corrected chi connectivity index (χ1v) is 4.83. The number of hydrogen-bond donors (Lipinski definition) is 2. The third-order valence-corrected chi connectivity index (χ3v) is 2.90. The minimum Gasteiger partial charge on any atom is -0.508 e. The third kappa shape index (κ3) is 1.38. The molecule has 0 aliphatic carbocycles. The second-order valence-corrected chi connectivity index (χ2v) is 3.64. The Kier molecular flexibility index (Phi) is 2.44. The van der Waals surface area contributed by atoms with Crippen LogP contribution in [0.1, 0.15) is 12.0 Å². The number of para-hydroxylation sites is 1. The quantitative estimate of drug-likeness (QED) is 0.742. The van der Waals surface area contributed by atoms with E-state index in [1.165, 1.54) is 0 Å². The molecule has 1 heterocycles. The summed E-state index contributed by atoms with van der Waals surface area (Å²) in [5, 5.41) is 13.0. The van der Waals surface area contributed by atoms with Gasteiger partial charge >= 0.3 is 0 Å². The van der Waals surface area contributed by atoms with E-state index >= 15 is 0 Å². The summed E-state index contributed by atoms with van der Waals surface area (Å²) >= 11 is 0. The molecule has 1 aliphatic rings. The van der Waals surface area contributed by atoms with Gasteiger partial charge in [0.25, 0.3) is 0 Å². The van der Waals surface area contributed by atoms with Crippen LogP contribution in [-0.4, -0.2) is 25.3 Å². The van der Waals surface area contributed by atoms with Gasteiger partial charge in [-0.3, -0.25) is 0 Å². The lowest BCUT2D eigenvalue weighted by molar-refractivity contribution is 0.00148. The highest BCUT2D eigenvalue weighted by molar-refractivity contribution is 5.38. The molecule has 1 saturated heterocycles. The summed E-state index contributed by atoms with van der Waals surface area (Å²) in [6.45, 7) is 1.70. The zero-order valence-corrected chi connectivity index (χ0v) is 8.29. The summed E-state index contributed by atoms with van der Waals surface area (Å²) in [4.78, 5) is 0. The number of hydrogen-bond acceptors (Lipinski definition) is 3. The van der Waals surface area contributed by atoms with Crippen LogP contribution in [0.25, 0.3) is 0 Å². The van der Waals surface area contributed by atoms with Crippen LogP contribution in [0.5, 0.6) is 5.75 Å². The predicted molar refractivity (Wildman–Crippen MR) is 54.3 cm³/mol. The summed E-state index contributed by atoms with van der Waals surface area (Å²) in [5.74, 6) is 0.318. The standard InChI is InChI=1S/C11H15NO2/c1-14-11(6-7-12-8-11)9-4-2-3-5-10(9)13/h2-5,12-13H,6-8H2,1H3. The maximum atomic E-state index is 9.76. The molecule has 2 rings (SSSR count). The number of nitrogens with one attached hydrogen (secondary N) is 1. The molecule has 0 bridgehead atoms. The van der Waals surface area contributed by atoms with Crippen molar-refractivity contribution >= 4 is 0 Å². The molecule has 76 valence electrons. The van der Waals surface area contributed by atoms with Crippen molar-refractivity contribution in [2.75, 3.05) is 20.2 Å². The van der Waals surface area contributed by atoms with E-state index in [-0.39, 0.29) is 5.60 Å². The lowest BCUT2D eigenvalue weighted by Crippen LogP contribution is -2.31. The van der Waals surface area contributed by atoms with Crippen molar-refractivity contribution < 1.29 is 9.84 Å². The zero-order valence-electron chi connectivity index (χ0n) is 8.29. The van der Waals surface area contributed by atoms with Gasteiger partial charge in [-0.1, -0.05) is 18.2 Å². The molecule has 0 amide bonds. The van der Waals surface area contributed by atoms with Crippen molar-refractivity contribution in [3.63, 3.8) is 0 Å². The Labute approximate surface area is 83.7 Å². The number of phenolic OH excluding ortho intramolecular Hbond substituents is 1. The van der Waals surface area contributed by atoms with Crippen LogP contribution in [0.15, 0.2) is 24.3 Å². The fraction of sp³-hybridized carbons (Fsp3) is 0.455. The van der Waals surface area contributed by atoms with Crippen molar-refractivity contribution in [3.8, 4) is 5.75 Å². The van der Waals surface area contributed by atoms with Crippen LogP contribution in [-0.2, 0) is 10.3 Å². The molecule has 3 nitrogen and oxygen atoms in total. The molecule has 1 fully saturated rings. The van der Waals surface area contributed by atoms with E-state index in [4.69, 9.17) is 4.74 Å². The Morgan fingerprint density at radius 2 is 2.21 bits per heavy atom. The number of rotatable bonds is 2. The average molecular weight is 193 g/mol. The molecular weight excluding hydrogens is 178 g/mol. The van der Waals surface area contributed by atoms with Gasteiger partial charge in [-0.25, -0.2) is 0 Å². The Hall–Kier alpha value is -1.06. The molecule has 3 heteroatoms. The van der Waals surface area contributed by atoms with Gasteiger partial charge in [0, 0.05) is 19.2 Å². The molecule has 1 aromatic rings. The van der Waals surface area contributed by atoms with Crippen molar-refractivity contribution in [1.29, 1.82) is 0 Å². The first kappa shape index (κ1) is 9.49. The summed E-state index contributed by atoms with van der Waals surface area (Å²) in [6, 6.07) is 7.37. The summed E-state index contributed by atoms with van der Waals surface area (Å²) in [5.41, 5.74) is 0.540. The molecule has 1 aliphatic heterocycles. The van der Waals surface area contributed by atoms with Crippen LogP contribution >= 0.6 is 0 Å². The average Bonchev–Trinajstić information content (AvgIpc) is 2.68. The molecule has 0 aromatic heterocycles. The molecule has 14 heavy (non-hydrogen) atoms. The molecule has 1 unspecified atom stereocenters. The van der Waals surface area contributed by atoms with E-state index < -0.39 is 0 Å². The topological polar surface area (TPSA) is 41.5 Å². The summed E-state index contributed by atoms with van der Waals surface area (Å²) < 4.78 is 5.54. The lowest BCUT2D eigenvalue weighted by atomic mass is 9.92. The lowest BCUT2D eigenvalue weighted by Gasteiger charge is -2.27. The van der Waals surface area contributed by atoms with E-state index in [1.807, 2.05) is 18.2 Å². The van der Waals surface area contributed by atoms with Gasteiger partial charge in [-0.2, -0.15) is 0 Å². The smallest absolute Gasteiger partial charge is 0.121 e.